The van der Waals surface area contributed by atoms with Crippen molar-refractivity contribution in [2.45, 2.75) is 26.4 Å². The molecule has 0 heterocycles. The number of nitrogens with one attached hydrogen (secondary N) is 1. The van der Waals surface area contributed by atoms with Gasteiger partial charge in [0.05, 0.1) is 13.2 Å². The third kappa shape index (κ3) is 6.83. The fraction of sp³-hybridized carbons (Fsp3) is 0.267. The Morgan fingerprint density at radius 1 is 0.778 bits per heavy atom. The van der Waals surface area contributed by atoms with Crippen LogP contribution in [0.4, 0.5) is 4.79 Å². The molecule has 6 nitrogen and oxygen atoms in total. The van der Waals surface area contributed by atoms with Gasteiger partial charge in [0.15, 0.2) is 5.60 Å². The molecule has 0 aliphatic heterocycles. The number of rotatable bonds is 11. The molecule has 0 bridgehead atoms. The van der Waals surface area contributed by atoms with E-state index in [-0.39, 0.29) is 26.4 Å². The minimum atomic E-state index is -1.15. The molecule has 188 valence electrons. The Hall–Kier alpha value is -3.90. The van der Waals surface area contributed by atoms with Gasteiger partial charge in [-0.3, -0.25) is 0 Å². The summed E-state index contributed by atoms with van der Waals surface area (Å²) in [6.07, 6.45) is -0.572. The van der Waals surface area contributed by atoms with E-state index in [2.05, 4.69) is 11.9 Å². The predicted molar refractivity (Wildman–Crippen MR) is 140 cm³/mol. The van der Waals surface area contributed by atoms with Crippen LogP contribution < -0.4 is 5.32 Å². The monoisotopic (exact) mass is 487 g/mol. The Kier molecular flexibility index (Phi) is 9.42. The van der Waals surface area contributed by atoms with E-state index in [9.17, 15) is 9.59 Å². The van der Waals surface area contributed by atoms with E-state index < -0.39 is 17.7 Å². The lowest BCUT2D eigenvalue weighted by Gasteiger charge is -2.35. The van der Waals surface area contributed by atoms with Crippen molar-refractivity contribution in [3.05, 3.63) is 119 Å². The first-order valence-electron chi connectivity index (χ1n) is 11.9. The molecule has 0 saturated heterocycles. The fourth-order valence-electron chi connectivity index (χ4n) is 3.75. The molecule has 1 amide bonds. The summed E-state index contributed by atoms with van der Waals surface area (Å²) in [6, 6.07) is 25.7. The van der Waals surface area contributed by atoms with E-state index in [4.69, 9.17) is 14.2 Å². The Morgan fingerprint density at radius 3 is 1.83 bits per heavy atom. The van der Waals surface area contributed by atoms with Gasteiger partial charge in [0.25, 0.3) is 0 Å². The van der Waals surface area contributed by atoms with Crippen LogP contribution in [0.15, 0.2) is 91.0 Å². The van der Waals surface area contributed by atoms with Gasteiger partial charge >= 0.3 is 12.1 Å². The summed E-state index contributed by atoms with van der Waals surface area (Å²) in [5, 5.41) is 2.78. The number of esters is 1. The molecule has 1 N–H and O–H groups in total. The summed E-state index contributed by atoms with van der Waals surface area (Å²) in [4.78, 5) is 24.5. The topological polar surface area (TPSA) is 73.9 Å². The molecule has 6 heteroatoms. The summed E-state index contributed by atoms with van der Waals surface area (Å²) in [5.41, 5.74) is 3.93. The van der Waals surface area contributed by atoms with Crippen LogP contribution in [0.5, 0.6) is 0 Å². The van der Waals surface area contributed by atoms with Crippen LogP contribution in [0.1, 0.15) is 34.7 Å². The Morgan fingerprint density at radius 2 is 1.31 bits per heavy atom. The maximum Gasteiger partial charge on any atom is 0.408 e. The largest absolute Gasteiger partial charge is 0.460 e. The third-order valence-corrected chi connectivity index (χ3v) is 5.67. The lowest BCUT2D eigenvalue weighted by atomic mass is 9.79. The quantitative estimate of drug-likeness (QED) is 0.168. The van der Waals surface area contributed by atoms with E-state index in [0.29, 0.717) is 5.57 Å². The fourth-order valence-corrected chi connectivity index (χ4v) is 3.75. The van der Waals surface area contributed by atoms with Gasteiger partial charge in [-0.15, -0.1) is 0 Å². The van der Waals surface area contributed by atoms with Gasteiger partial charge in [-0.2, -0.15) is 0 Å². The Labute approximate surface area is 212 Å². The smallest absolute Gasteiger partial charge is 0.408 e. The van der Waals surface area contributed by atoms with Crippen molar-refractivity contribution in [2.75, 3.05) is 26.4 Å². The average Bonchev–Trinajstić information content (AvgIpc) is 2.88. The van der Waals surface area contributed by atoms with Gasteiger partial charge in [0.2, 0.25) is 0 Å². The number of ether oxygens (including phenoxy) is 3. The molecule has 0 radical (unpaired) electrons. The van der Waals surface area contributed by atoms with Crippen LogP contribution in [0.3, 0.4) is 0 Å². The standard InChI is InChI=1S/C30H33NO5/c1-22(2)28(32)35-21-20-34-19-18-31-29(33)36-30(25-8-6-5-7-9-25,26-14-10-23(3)11-15-26)27-16-12-24(4)13-17-27/h5-17H,1,18-21H2,2-4H3,(H,31,33). The zero-order chi connectivity index (χ0) is 26.0. The number of amides is 1. The van der Waals surface area contributed by atoms with E-state index in [1.54, 1.807) is 6.92 Å². The normalized spacial score (nSPS) is 11.0. The second-order valence-electron chi connectivity index (χ2n) is 8.62. The number of hydrogen-bond acceptors (Lipinski definition) is 5. The molecule has 0 atom stereocenters. The number of hydrogen-bond donors (Lipinski definition) is 1. The second-order valence-corrected chi connectivity index (χ2v) is 8.62. The molecule has 3 aromatic carbocycles. The zero-order valence-corrected chi connectivity index (χ0v) is 21.1. The number of alkyl carbamates (subject to hydrolysis) is 1. The van der Waals surface area contributed by atoms with E-state index in [1.807, 2.05) is 92.7 Å². The predicted octanol–water partition coefficient (Wildman–Crippen LogP) is 5.46. The first-order chi connectivity index (χ1) is 17.3. The minimum absolute atomic E-state index is 0.119. The molecule has 36 heavy (non-hydrogen) atoms. The molecule has 0 unspecified atom stereocenters. The number of aryl methyl sites for hydroxylation is 2. The summed E-state index contributed by atoms with van der Waals surface area (Å²) in [7, 11) is 0. The number of carbonyl (C=O) groups excluding carboxylic acids is 2. The summed E-state index contributed by atoms with van der Waals surface area (Å²) in [6.45, 7) is 9.97. The van der Waals surface area contributed by atoms with Crippen molar-refractivity contribution in [3.8, 4) is 0 Å². The molecule has 3 aromatic rings. The van der Waals surface area contributed by atoms with Crippen LogP contribution in [-0.4, -0.2) is 38.4 Å². The molecule has 0 aromatic heterocycles. The highest BCUT2D eigenvalue weighted by atomic mass is 16.6. The van der Waals surface area contributed by atoms with Crippen LogP contribution in [0, 0.1) is 13.8 Å². The number of benzene rings is 3. The molecule has 0 spiro atoms. The van der Waals surface area contributed by atoms with Crippen molar-refractivity contribution < 1.29 is 23.8 Å². The van der Waals surface area contributed by atoms with Crippen LogP contribution in [0.2, 0.25) is 0 Å². The van der Waals surface area contributed by atoms with E-state index in [1.165, 1.54) is 0 Å². The zero-order valence-electron chi connectivity index (χ0n) is 21.1. The molecule has 3 rings (SSSR count). The van der Waals surface area contributed by atoms with Gasteiger partial charge in [-0.1, -0.05) is 96.6 Å². The van der Waals surface area contributed by atoms with Crippen molar-refractivity contribution in [1.29, 1.82) is 0 Å². The van der Waals surface area contributed by atoms with Crippen molar-refractivity contribution >= 4 is 12.1 Å². The average molecular weight is 488 g/mol. The van der Waals surface area contributed by atoms with E-state index >= 15 is 0 Å². The van der Waals surface area contributed by atoms with Gasteiger partial charge in [0, 0.05) is 28.8 Å². The molecule has 0 saturated carbocycles. The summed E-state index contributed by atoms with van der Waals surface area (Å²) in [5.74, 6) is -0.454. The summed E-state index contributed by atoms with van der Waals surface area (Å²) >= 11 is 0. The highest BCUT2D eigenvalue weighted by Gasteiger charge is 2.40. The first-order valence-corrected chi connectivity index (χ1v) is 11.9. The van der Waals surface area contributed by atoms with E-state index in [0.717, 1.165) is 27.8 Å². The minimum Gasteiger partial charge on any atom is -0.460 e. The molecular weight excluding hydrogens is 454 g/mol. The Balaban J connectivity index is 1.77. The van der Waals surface area contributed by atoms with Gasteiger partial charge in [-0.05, 0) is 20.8 Å². The van der Waals surface area contributed by atoms with Crippen LogP contribution in [0.25, 0.3) is 0 Å². The van der Waals surface area contributed by atoms with Gasteiger partial charge < -0.3 is 19.5 Å². The lowest BCUT2D eigenvalue weighted by Crippen LogP contribution is -2.40. The molecule has 0 aliphatic rings. The Bertz CT molecular complexity index is 1110. The summed E-state index contributed by atoms with van der Waals surface area (Å²) < 4.78 is 16.7. The first kappa shape index (κ1) is 26.7. The maximum atomic E-state index is 13.1. The molecule has 0 fully saturated rings. The van der Waals surface area contributed by atoms with Crippen molar-refractivity contribution in [3.63, 3.8) is 0 Å². The second kappa shape index (κ2) is 12.7. The van der Waals surface area contributed by atoms with Crippen LogP contribution in [-0.2, 0) is 24.6 Å². The molecule has 0 aliphatic carbocycles. The van der Waals surface area contributed by atoms with Gasteiger partial charge in [0.1, 0.15) is 6.61 Å². The van der Waals surface area contributed by atoms with Crippen molar-refractivity contribution in [2.24, 2.45) is 0 Å². The number of carbonyl (C=O) groups is 2. The molecular formula is C30H33NO5. The highest BCUT2D eigenvalue weighted by Crippen LogP contribution is 2.40. The maximum absolute atomic E-state index is 13.1. The van der Waals surface area contributed by atoms with Gasteiger partial charge in [-0.25, -0.2) is 9.59 Å². The lowest BCUT2D eigenvalue weighted by molar-refractivity contribution is -0.140. The third-order valence-electron chi connectivity index (χ3n) is 5.67. The van der Waals surface area contributed by atoms with Crippen molar-refractivity contribution in [1.82, 2.24) is 5.32 Å². The highest BCUT2D eigenvalue weighted by molar-refractivity contribution is 5.86. The SMILES string of the molecule is C=C(C)C(=O)OCCOCCNC(=O)OC(c1ccccc1)(c1ccc(C)cc1)c1ccc(C)cc1. The van der Waals surface area contributed by atoms with Crippen LogP contribution >= 0.6 is 0 Å².